The van der Waals surface area contributed by atoms with Gasteiger partial charge in [0.05, 0.1) is 23.4 Å². The maximum atomic E-state index is 13.3. The van der Waals surface area contributed by atoms with E-state index in [1.807, 2.05) is 45.0 Å². The number of nitrogens with one attached hydrogen (secondary N) is 1. The molecule has 0 aliphatic carbocycles. The van der Waals surface area contributed by atoms with Gasteiger partial charge in [0.1, 0.15) is 17.9 Å². The molecule has 8 nitrogen and oxygen atoms in total. The lowest BCUT2D eigenvalue weighted by molar-refractivity contribution is -0.122. The lowest BCUT2D eigenvalue weighted by Gasteiger charge is -2.26. The number of carbonyl (C=O) groups is 3. The summed E-state index contributed by atoms with van der Waals surface area (Å²) < 4.78 is 18.2. The van der Waals surface area contributed by atoms with Crippen molar-refractivity contribution in [1.82, 2.24) is 5.32 Å². The average molecular weight is 614 g/mol. The van der Waals surface area contributed by atoms with Crippen LogP contribution in [0.4, 0.5) is 10.5 Å². The Bertz CT molecular complexity index is 1420. The van der Waals surface area contributed by atoms with Gasteiger partial charge in [-0.2, -0.15) is 0 Å². The number of barbiturate groups is 1. The molecule has 1 heterocycles. The van der Waals surface area contributed by atoms with Gasteiger partial charge in [0.25, 0.3) is 11.8 Å². The molecule has 39 heavy (non-hydrogen) atoms. The molecule has 10 heteroatoms. The first kappa shape index (κ1) is 28.2. The molecule has 0 spiro atoms. The molecular weight excluding hydrogens is 588 g/mol. The number of benzene rings is 3. The molecule has 3 aromatic carbocycles. The van der Waals surface area contributed by atoms with E-state index < -0.39 is 17.8 Å². The molecular formula is C29H26BrClN2O6. The summed E-state index contributed by atoms with van der Waals surface area (Å²) in [6.45, 7) is 6.25. The fourth-order valence-corrected chi connectivity index (χ4v) is 4.31. The zero-order valence-corrected chi connectivity index (χ0v) is 23.8. The van der Waals surface area contributed by atoms with Gasteiger partial charge in [-0.1, -0.05) is 39.7 Å². The van der Waals surface area contributed by atoms with Gasteiger partial charge in [-0.05, 0) is 86.5 Å². The normalized spacial score (nSPS) is 14.6. The van der Waals surface area contributed by atoms with E-state index in [-0.39, 0.29) is 22.4 Å². The highest BCUT2D eigenvalue weighted by atomic mass is 79.9. The molecule has 202 valence electrons. The second-order valence-electron chi connectivity index (χ2n) is 8.80. The van der Waals surface area contributed by atoms with Crippen molar-refractivity contribution in [3.63, 3.8) is 0 Å². The standard InChI is InChI=1S/C29H26BrClN2O6/c1-4-37-25-15-19(14-24(31)26(25)39-17(2)3)13-23-27(34)32-29(36)33(28(23)35)21-9-11-22(12-10-21)38-16-18-5-7-20(30)8-6-18/h5-15,17H,4,16H2,1-3H3,(H,32,34,36)/b23-13+. The van der Waals surface area contributed by atoms with Crippen molar-refractivity contribution in [3.8, 4) is 17.2 Å². The minimum absolute atomic E-state index is 0.145. The van der Waals surface area contributed by atoms with Crippen LogP contribution in [0.1, 0.15) is 31.9 Å². The zero-order chi connectivity index (χ0) is 28.1. The van der Waals surface area contributed by atoms with E-state index in [1.54, 1.807) is 36.4 Å². The number of anilines is 1. The lowest BCUT2D eigenvalue weighted by Crippen LogP contribution is -2.54. The van der Waals surface area contributed by atoms with Crippen LogP contribution in [-0.4, -0.2) is 30.6 Å². The van der Waals surface area contributed by atoms with Gasteiger partial charge in [-0.15, -0.1) is 0 Å². The summed E-state index contributed by atoms with van der Waals surface area (Å²) in [5.41, 5.74) is 1.46. The monoisotopic (exact) mass is 612 g/mol. The number of ether oxygens (including phenoxy) is 3. The van der Waals surface area contributed by atoms with Crippen LogP contribution in [-0.2, 0) is 16.2 Å². The first-order chi connectivity index (χ1) is 18.7. The first-order valence-corrected chi connectivity index (χ1v) is 13.3. The second kappa shape index (κ2) is 12.4. The third-order valence-electron chi connectivity index (χ3n) is 5.51. The predicted molar refractivity (Wildman–Crippen MR) is 152 cm³/mol. The van der Waals surface area contributed by atoms with Crippen LogP contribution in [0.25, 0.3) is 6.08 Å². The topological polar surface area (TPSA) is 94.2 Å². The molecule has 0 aromatic heterocycles. The van der Waals surface area contributed by atoms with Gasteiger partial charge in [-0.3, -0.25) is 14.9 Å². The minimum Gasteiger partial charge on any atom is -0.490 e. The number of halogens is 2. The van der Waals surface area contributed by atoms with Crippen molar-refractivity contribution >= 4 is 57.1 Å². The molecule has 0 saturated carbocycles. The number of rotatable bonds is 9. The van der Waals surface area contributed by atoms with E-state index in [1.165, 1.54) is 6.08 Å². The third-order valence-corrected chi connectivity index (χ3v) is 6.32. The van der Waals surface area contributed by atoms with Crippen LogP contribution in [0.2, 0.25) is 5.02 Å². The summed E-state index contributed by atoms with van der Waals surface area (Å²) in [7, 11) is 0. The molecule has 0 radical (unpaired) electrons. The Kier molecular flexibility index (Phi) is 8.93. The molecule has 3 aromatic rings. The SMILES string of the molecule is CCOc1cc(/C=C2\C(=O)NC(=O)N(c3ccc(OCc4ccc(Br)cc4)cc3)C2=O)cc(Cl)c1OC(C)C. The quantitative estimate of drug-likeness (QED) is 0.218. The molecule has 1 aliphatic heterocycles. The number of imide groups is 2. The highest BCUT2D eigenvalue weighted by Crippen LogP contribution is 2.38. The van der Waals surface area contributed by atoms with Crippen LogP contribution in [0.5, 0.6) is 17.2 Å². The van der Waals surface area contributed by atoms with Crippen molar-refractivity contribution in [1.29, 1.82) is 0 Å². The van der Waals surface area contributed by atoms with E-state index >= 15 is 0 Å². The Morgan fingerprint density at radius 2 is 1.69 bits per heavy atom. The number of hydrogen-bond acceptors (Lipinski definition) is 6. The molecule has 1 aliphatic rings. The van der Waals surface area contributed by atoms with Crippen molar-refractivity contribution in [3.05, 3.63) is 86.9 Å². The van der Waals surface area contributed by atoms with Gasteiger partial charge in [-0.25, -0.2) is 9.69 Å². The number of hydrogen-bond donors (Lipinski definition) is 1. The minimum atomic E-state index is -0.848. The number of urea groups is 1. The van der Waals surface area contributed by atoms with Crippen LogP contribution >= 0.6 is 27.5 Å². The van der Waals surface area contributed by atoms with Gasteiger partial charge in [0.15, 0.2) is 11.5 Å². The van der Waals surface area contributed by atoms with E-state index in [0.717, 1.165) is 14.9 Å². The van der Waals surface area contributed by atoms with E-state index in [2.05, 4.69) is 21.2 Å². The van der Waals surface area contributed by atoms with Crippen LogP contribution in [0.3, 0.4) is 0 Å². The highest BCUT2D eigenvalue weighted by Gasteiger charge is 2.37. The van der Waals surface area contributed by atoms with E-state index in [0.29, 0.717) is 36.0 Å². The maximum absolute atomic E-state index is 13.3. The second-order valence-corrected chi connectivity index (χ2v) is 10.1. The van der Waals surface area contributed by atoms with Crippen LogP contribution in [0.15, 0.2) is 70.7 Å². The molecule has 0 unspecified atom stereocenters. The highest BCUT2D eigenvalue weighted by molar-refractivity contribution is 9.10. The summed E-state index contributed by atoms with van der Waals surface area (Å²) in [4.78, 5) is 39.5. The van der Waals surface area contributed by atoms with Gasteiger partial charge in [0, 0.05) is 4.47 Å². The summed E-state index contributed by atoms with van der Waals surface area (Å²) in [6.07, 6.45) is 1.22. The Balaban J connectivity index is 1.57. The van der Waals surface area contributed by atoms with Crippen molar-refractivity contribution < 1.29 is 28.6 Å². The fourth-order valence-electron chi connectivity index (χ4n) is 3.78. The maximum Gasteiger partial charge on any atom is 0.335 e. The molecule has 4 rings (SSSR count). The average Bonchev–Trinajstić information content (AvgIpc) is 2.89. The molecule has 0 bridgehead atoms. The first-order valence-electron chi connectivity index (χ1n) is 12.2. The number of nitrogens with zero attached hydrogens (tertiary/aromatic N) is 1. The van der Waals surface area contributed by atoms with E-state index in [9.17, 15) is 14.4 Å². The van der Waals surface area contributed by atoms with Crippen molar-refractivity contribution in [2.45, 2.75) is 33.5 Å². The molecule has 0 atom stereocenters. The van der Waals surface area contributed by atoms with Crippen LogP contribution in [0, 0.1) is 0 Å². The summed E-state index contributed by atoms with van der Waals surface area (Å²) in [5.74, 6) is -0.286. The van der Waals surface area contributed by atoms with Gasteiger partial charge in [0.2, 0.25) is 0 Å². The molecule has 1 saturated heterocycles. The smallest absolute Gasteiger partial charge is 0.335 e. The fraction of sp³-hybridized carbons (Fsp3) is 0.207. The predicted octanol–water partition coefficient (Wildman–Crippen LogP) is 6.53. The largest absolute Gasteiger partial charge is 0.490 e. The molecule has 4 amide bonds. The number of carbonyl (C=O) groups excluding carboxylic acids is 3. The molecule has 1 N–H and O–H groups in total. The van der Waals surface area contributed by atoms with Crippen molar-refractivity contribution in [2.75, 3.05) is 11.5 Å². The van der Waals surface area contributed by atoms with Crippen LogP contribution < -0.4 is 24.4 Å². The Morgan fingerprint density at radius 3 is 2.33 bits per heavy atom. The lowest BCUT2D eigenvalue weighted by atomic mass is 10.1. The summed E-state index contributed by atoms with van der Waals surface area (Å²) >= 11 is 9.84. The summed E-state index contributed by atoms with van der Waals surface area (Å²) in [5, 5.41) is 2.48. The molecule has 1 fully saturated rings. The number of amides is 4. The van der Waals surface area contributed by atoms with Crippen molar-refractivity contribution in [2.24, 2.45) is 0 Å². The Morgan fingerprint density at radius 1 is 1.00 bits per heavy atom. The Labute approximate surface area is 239 Å². The van der Waals surface area contributed by atoms with Gasteiger partial charge >= 0.3 is 6.03 Å². The van der Waals surface area contributed by atoms with E-state index in [4.69, 9.17) is 25.8 Å². The van der Waals surface area contributed by atoms with Gasteiger partial charge < -0.3 is 14.2 Å². The third kappa shape index (κ3) is 6.79. The summed E-state index contributed by atoms with van der Waals surface area (Å²) in [6, 6.07) is 16.5. The zero-order valence-electron chi connectivity index (χ0n) is 21.5. The Hall–Kier alpha value is -3.82.